The summed E-state index contributed by atoms with van der Waals surface area (Å²) in [6, 6.07) is 9.54. The largest absolute Gasteiger partial charge is 0.460 e. The van der Waals surface area contributed by atoms with Gasteiger partial charge in [-0.3, -0.25) is 4.79 Å². The van der Waals surface area contributed by atoms with Gasteiger partial charge in [-0.1, -0.05) is 55.0 Å². The van der Waals surface area contributed by atoms with E-state index in [0.717, 1.165) is 10.6 Å². The molecule has 2 fully saturated rings. The van der Waals surface area contributed by atoms with Gasteiger partial charge < -0.3 is 9.47 Å². The SMILES string of the molecule is CC1(C)[C@H](C=C2CCCC2)[C@H]1C(=O)OCc1cnc(Oc2ccccc2)s1. The monoisotopic (exact) mass is 383 g/mol. The summed E-state index contributed by atoms with van der Waals surface area (Å²) in [6.45, 7) is 4.58. The van der Waals surface area contributed by atoms with Gasteiger partial charge >= 0.3 is 5.97 Å². The maximum atomic E-state index is 12.6. The average molecular weight is 384 g/mol. The predicted molar refractivity (Wildman–Crippen MR) is 106 cm³/mol. The second kappa shape index (κ2) is 7.47. The Morgan fingerprint density at radius 1 is 1.26 bits per heavy atom. The molecule has 5 heteroatoms. The molecule has 2 atom stereocenters. The standard InChI is InChI=1S/C22H25NO3S/c1-22(2)18(12-15-8-6-7-9-15)19(22)20(24)25-14-17-13-23-21(27-17)26-16-10-4-3-5-11-16/h3-5,10-13,18-19H,6-9,14H2,1-2H3/t18-,19+/m1/s1. The summed E-state index contributed by atoms with van der Waals surface area (Å²) in [5, 5.41) is 0.558. The Labute approximate surface area is 164 Å². The third-order valence-corrected chi connectivity index (χ3v) is 6.51. The molecular formula is C22H25NO3S. The number of carbonyl (C=O) groups is 1. The Morgan fingerprint density at radius 3 is 2.74 bits per heavy atom. The van der Waals surface area contributed by atoms with Crippen molar-refractivity contribution in [2.24, 2.45) is 17.3 Å². The van der Waals surface area contributed by atoms with Crippen LogP contribution in [0.4, 0.5) is 0 Å². The molecule has 1 heterocycles. The minimum atomic E-state index is -0.0984. The van der Waals surface area contributed by atoms with Crippen molar-refractivity contribution in [2.75, 3.05) is 0 Å². The molecule has 0 unspecified atom stereocenters. The maximum Gasteiger partial charge on any atom is 0.310 e. The number of allylic oxidation sites excluding steroid dienone is 2. The van der Waals surface area contributed by atoms with Crippen LogP contribution in [-0.4, -0.2) is 11.0 Å². The van der Waals surface area contributed by atoms with Gasteiger partial charge in [-0.2, -0.15) is 0 Å². The Kier molecular flexibility index (Phi) is 5.04. The minimum Gasteiger partial charge on any atom is -0.460 e. The Hall–Kier alpha value is -2.14. The molecule has 2 aliphatic carbocycles. The Morgan fingerprint density at radius 2 is 2.00 bits per heavy atom. The van der Waals surface area contributed by atoms with Gasteiger partial charge in [0.05, 0.1) is 10.8 Å². The molecule has 1 aromatic heterocycles. The van der Waals surface area contributed by atoms with E-state index in [2.05, 4.69) is 24.9 Å². The topological polar surface area (TPSA) is 48.4 Å². The van der Waals surface area contributed by atoms with Gasteiger partial charge in [0.15, 0.2) is 0 Å². The average Bonchev–Trinajstić information content (AvgIpc) is 3.10. The van der Waals surface area contributed by atoms with Crippen LogP contribution in [0, 0.1) is 17.3 Å². The lowest BCUT2D eigenvalue weighted by Gasteiger charge is -2.04. The number of ether oxygens (including phenoxy) is 2. The molecule has 27 heavy (non-hydrogen) atoms. The second-order valence-corrected chi connectivity index (χ2v) is 9.05. The molecule has 0 spiro atoms. The van der Waals surface area contributed by atoms with Crippen LogP contribution in [0.25, 0.3) is 0 Å². The smallest absolute Gasteiger partial charge is 0.310 e. The molecular weight excluding hydrogens is 358 g/mol. The van der Waals surface area contributed by atoms with E-state index in [1.165, 1.54) is 42.6 Å². The fraction of sp³-hybridized carbons (Fsp3) is 0.455. The molecule has 2 aromatic rings. The maximum absolute atomic E-state index is 12.6. The summed E-state index contributed by atoms with van der Waals surface area (Å²) in [5.74, 6) is 0.937. The van der Waals surface area contributed by atoms with Gasteiger partial charge in [-0.15, -0.1) is 0 Å². The summed E-state index contributed by atoms with van der Waals surface area (Å²) in [5.41, 5.74) is 1.52. The first kappa shape index (κ1) is 18.2. The quantitative estimate of drug-likeness (QED) is 0.471. The first-order valence-corrected chi connectivity index (χ1v) is 10.4. The van der Waals surface area contributed by atoms with Crippen molar-refractivity contribution in [1.82, 2.24) is 4.98 Å². The number of nitrogens with zero attached hydrogens (tertiary/aromatic N) is 1. The van der Waals surface area contributed by atoms with Crippen molar-refractivity contribution in [3.8, 4) is 10.9 Å². The van der Waals surface area contributed by atoms with Gasteiger partial charge in [0.1, 0.15) is 12.4 Å². The van der Waals surface area contributed by atoms with E-state index >= 15 is 0 Å². The highest BCUT2D eigenvalue weighted by Crippen LogP contribution is 2.60. The van der Waals surface area contributed by atoms with Gasteiger partial charge in [-0.05, 0) is 49.1 Å². The third kappa shape index (κ3) is 4.08. The fourth-order valence-electron chi connectivity index (χ4n) is 3.91. The molecule has 0 bridgehead atoms. The van der Waals surface area contributed by atoms with Crippen molar-refractivity contribution in [1.29, 1.82) is 0 Å². The van der Waals surface area contributed by atoms with Crippen LogP contribution in [0.15, 0.2) is 48.2 Å². The van der Waals surface area contributed by atoms with Crippen molar-refractivity contribution in [3.63, 3.8) is 0 Å². The van der Waals surface area contributed by atoms with E-state index in [1.807, 2.05) is 30.3 Å². The molecule has 2 saturated carbocycles. The molecule has 4 rings (SSSR count). The van der Waals surface area contributed by atoms with E-state index < -0.39 is 0 Å². The van der Waals surface area contributed by atoms with E-state index in [9.17, 15) is 4.79 Å². The molecule has 4 nitrogen and oxygen atoms in total. The van der Waals surface area contributed by atoms with Gasteiger partial charge in [0.25, 0.3) is 5.19 Å². The van der Waals surface area contributed by atoms with Crippen molar-refractivity contribution < 1.29 is 14.3 Å². The van der Waals surface area contributed by atoms with E-state index in [0.29, 0.717) is 11.1 Å². The van der Waals surface area contributed by atoms with Gasteiger partial charge in [0.2, 0.25) is 0 Å². The summed E-state index contributed by atoms with van der Waals surface area (Å²) < 4.78 is 11.3. The normalized spacial score (nSPS) is 23.1. The number of rotatable bonds is 6. The zero-order valence-electron chi connectivity index (χ0n) is 15.8. The number of thiazole rings is 1. The summed E-state index contributed by atoms with van der Waals surface area (Å²) in [4.78, 5) is 17.7. The van der Waals surface area contributed by atoms with Crippen molar-refractivity contribution in [2.45, 2.75) is 46.1 Å². The molecule has 0 N–H and O–H groups in total. The van der Waals surface area contributed by atoms with Crippen LogP contribution < -0.4 is 4.74 Å². The van der Waals surface area contributed by atoms with Crippen molar-refractivity contribution >= 4 is 17.3 Å². The van der Waals surface area contributed by atoms with E-state index in [4.69, 9.17) is 9.47 Å². The molecule has 0 radical (unpaired) electrons. The van der Waals surface area contributed by atoms with Crippen LogP contribution in [-0.2, 0) is 16.1 Å². The fourth-order valence-corrected chi connectivity index (χ4v) is 4.60. The number of benzene rings is 1. The van der Waals surface area contributed by atoms with Crippen LogP contribution >= 0.6 is 11.3 Å². The molecule has 142 valence electrons. The second-order valence-electron chi connectivity index (χ2n) is 7.97. The first-order valence-electron chi connectivity index (χ1n) is 9.58. The molecule has 0 aliphatic heterocycles. The van der Waals surface area contributed by atoms with Crippen LogP contribution in [0.3, 0.4) is 0 Å². The lowest BCUT2D eigenvalue weighted by Crippen LogP contribution is -2.10. The van der Waals surface area contributed by atoms with Crippen LogP contribution in [0.2, 0.25) is 0 Å². The zero-order chi connectivity index (χ0) is 18.9. The summed E-state index contributed by atoms with van der Waals surface area (Å²) in [6.07, 6.45) is 9.02. The highest BCUT2D eigenvalue weighted by Gasteiger charge is 2.61. The lowest BCUT2D eigenvalue weighted by atomic mass is 10.1. The third-order valence-electron chi connectivity index (χ3n) is 5.66. The minimum absolute atomic E-state index is 0.00194. The Balaban J connectivity index is 1.31. The highest BCUT2D eigenvalue weighted by molar-refractivity contribution is 7.13. The van der Waals surface area contributed by atoms with E-state index in [-0.39, 0.29) is 23.9 Å². The zero-order valence-corrected chi connectivity index (χ0v) is 16.6. The summed E-state index contributed by atoms with van der Waals surface area (Å²) in [7, 11) is 0. The van der Waals surface area contributed by atoms with Crippen LogP contribution in [0.1, 0.15) is 44.4 Å². The first-order chi connectivity index (χ1) is 13.0. The van der Waals surface area contributed by atoms with Gasteiger partial charge in [-0.25, -0.2) is 4.98 Å². The number of carbonyl (C=O) groups excluding carboxylic acids is 1. The Bertz CT molecular complexity index is 832. The summed E-state index contributed by atoms with van der Waals surface area (Å²) >= 11 is 1.41. The molecule has 0 amide bonds. The molecule has 2 aliphatic rings. The number of esters is 1. The highest BCUT2D eigenvalue weighted by atomic mass is 32.1. The predicted octanol–water partition coefficient (Wildman–Crippen LogP) is 5.75. The van der Waals surface area contributed by atoms with Crippen molar-refractivity contribution in [3.05, 3.63) is 53.1 Å². The number of hydrogen-bond donors (Lipinski definition) is 0. The molecule has 1 aromatic carbocycles. The van der Waals surface area contributed by atoms with Crippen LogP contribution in [0.5, 0.6) is 10.9 Å². The number of hydrogen-bond acceptors (Lipinski definition) is 5. The molecule has 0 saturated heterocycles. The van der Waals surface area contributed by atoms with Gasteiger partial charge in [0, 0.05) is 6.20 Å². The number of aromatic nitrogens is 1. The number of para-hydroxylation sites is 1. The lowest BCUT2D eigenvalue weighted by molar-refractivity contribution is -0.147. The van der Waals surface area contributed by atoms with E-state index in [1.54, 1.807) is 6.20 Å².